The van der Waals surface area contributed by atoms with Crippen molar-refractivity contribution in [3.8, 4) is 5.75 Å². The lowest BCUT2D eigenvalue weighted by molar-refractivity contribution is -0.147. The van der Waals surface area contributed by atoms with Gasteiger partial charge in [-0.1, -0.05) is 12.1 Å². The number of carbonyl (C=O) groups is 2. The van der Waals surface area contributed by atoms with Crippen molar-refractivity contribution in [2.75, 3.05) is 13.7 Å². The zero-order valence-electron chi connectivity index (χ0n) is 11.7. The van der Waals surface area contributed by atoms with Crippen LogP contribution in [-0.4, -0.2) is 31.8 Å². The molecule has 20 heavy (non-hydrogen) atoms. The quantitative estimate of drug-likeness (QED) is 0.784. The molecule has 0 amide bonds. The van der Waals surface area contributed by atoms with Crippen molar-refractivity contribution in [3.05, 3.63) is 29.3 Å². The molecule has 0 spiro atoms. The minimum atomic E-state index is -0.406. The maximum absolute atomic E-state index is 11.1. The SMILES string of the molecule is COC(=O)COc1cccc2c1CCC(OC(C)=O)C2. The maximum atomic E-state index is 11.1. The van der Waals surface area contributed by atoms with Gasteiger partial charge in [0, 0.05) is 13.3 Å². The van der Waals surface area contributed by atoms with Gasteiger partial charge < -0.3 is 14.2 Å². The van der Waals surface area contributed by atoms with Gasteiger partial charge in [-0.2, -0.15) is 0 Å². The van der Waals surface area contributed by atoms with Crippen molar-refractivity contribution < 1.29 is 23.8 Å². The van der Waals surface area contributed by atoms with Gasteiger partial charge in [-0.05, 0) is 30.0 Å². The van der Waals surface area contributed by atoms with E-state index in [0.29, 0.717) is 12.2 Å². The highest BCUT2D eigenvalue weighted by Gasteiger charge is 2.23. The molecule has 1 aromatic carbocycles. The molecule has 0 radical (unpaired) electrons. The first-order chi connectivity index (χ1) is 9.60. The molecular formula is C15H18O5. The molecule has 0 saturated heterocycles. The smallest absolute Gasteiger partial charge is 0.343 e. The first-order valence-corrected chi connectivity index (χ1v) is 6.57. The third-order valence-corrected chi connectivity index (χ3v) is 3.30. The molecule has 0 aliphatic heterocycles. The average molecular weight is 278 g/mol. The lowest BCUT2D eigenvalue weighted by Gasteiger charge is -2.25. The van der Waals surface area contributed by atoms with Crippen molar-refractivity contribution in [3.63, 3.8) is 0 Å². The second-order valence-corrected chi connectivity index (χ2v) is 4.73. The van der Waals surface area contributed by atoms with Crippen LogP contribution in [-0.2, 0) is 31.9 Å². The Balaban J connectivity index is 2.08. The van der Waals surface area contributed by atoms with E-state index in [2.05, 4.69) is 4.74 Å². The Morgan fingerprint density at radius 3 is 2.85 bits per heavy atom. The van der Waals surface area contributed by atoms with Gasteiger partial charge in [-0.25, -0.2) is 4.79 Å². The van der Waals surface area contributed by atoms with Gasteiger partial charge in [0.2, 0.25) is 0 Å². The molecule has 0 aromatic heterocycles. The Kier molecular flexibility index (Phi) is 4.61. The molecule has 1 unspecified atom stereocenters. The number of ether oxygens (including phenoxy) is 3. The van der Waals surface area contributed by atoms with Gasteiger partial charge >= 0.3 is 11.9 Å². The first-order valence-electron chi connectivity index (χ1n) is 6.57. The van der Waals surface area contributed by atoms with Crippen LogP contribution < -0.4 is 4.74 Å². The fourth-order valence-corrected chi connectivity index (χ4v) is 2.40. The van der Waals surface area contributed by atoms with E-state index >= 15 is 0 Å². The molecule has 5 nitrogen and oxygen atoms in total. The number of benzene rings is 1. The lowest BCUT2D eigenvalue weighted by Crippen LogP contribution is -2.25. The summed E-state index contributed by atoms with van der Waals surface area (Å²) < 4.78 is 15.3. The summed E-state index contributed by atoms with van der Waals surface area (Å²) in [7, 11) is 1.33. The van der Waals surface area contributed by atoms with Gasteiger partial charge in [-0.15, -0.1) is 0 Å². The Bertz CT molecular complexity index is 509. The number of methoxy groups -OCH3 is 1. The molecule has 1 aliphatic carbocycles. The van der Waals surface area contributed by atoms with Crippen LogP contribution in [0.15, 0.2) is 18.2 Å². The summed E-state index contributed by atoms with van der Waals surface area (Å²) in [6.07, 6.45) is 2.15. The van der Waals surface area contributed by atoms with E-state index < -0.39 is 5.97 Å². The van der Waals surface area contributed by atoms with E-state index in [1.807, 2.05) is 18.2 Å². The highest BCUT2D eigenvalue weighted by atomic mass is 16.6. The summed E-state index contributed by atoms with van der Waals surface area (Å²) in [5.74, 6) is 0.0434. The third-order valence-electron chi connectivity index (χ3n) is 3.30. The molecule has 0 bridgehead atoms. The molecular weight excluding hydrogens is 260 g/mol. The molecule has 5 heteroatoms. The topological polar surface area (TPSA) is 61.8 Å². The van der Waals surface area contributed by atoms with Crippen LogP contribution in [0.1, 0.15) is 24.5 Å². The largest absolute Gasteiger partial charge is 0.482 e. The number of rotatable bonds is 4. The molecule has 0 saturated carbocycles. The first kappa shape index (κ1) is 14.4. The minimum Gasteiger partial charge on any atom is -0.482 e. The predicted molar refractivity (Wildman–Crippen MR) is 71.5 cm³/mol. The Morgan fingerprint density at radius 1 is 1.35 bits per heavy atom. The van der Waals surface area contributed by atoms with Crippen molar-refractivity contribution in [2.45, 2.75) is 32.3 Å². The molecule has 0 N–H and O–H groups in total. The van der Waals surface area contributed by atoms with E-state index in [1.54, 1.807) is 0 Å². The van der Waals surface area contributed by atoms with Crippen molar-refractivity contribution in [2.24, 2.45) is 0 Å². The van der Waals surface area contributed by atoms with Crippen LogP contribution in [0.25, 0.3) is 0 Å². The zero-order chi connectivity index (χ0) is 14.5. The predicted octanol–water partition coefficient (Wildman–Crippen LogP) is 1.66. The maximum Gasteiger partial charge on any atom is 0.343 e. The van der Waals surface area contributed by atoms with E-state index in [4.69, 9.17) is 9.47 Å². The Morgan fingerprint density at radius 2 is 2.15 bits per heavy atom. The highest BCUT2D eigenvalue weighted by Crippen LogP contribution is 2.30. The van der Waals surface area contributed by atoms with Gasteiger partial charge in [0.25, 0.3) is 0 Å². The van der Waals surface area contributed by atoms with E-state index in [9.17, 15) is 9.59 Å². The van der Waals surface area contributed by atoms with Crippen molar-refractivity contribution in [1.29, 1.82) is 0 Å². The number of hydrogen-bond donors (Lipinski definition) is 0. The molecule has 2 rings (SSSR count). The normalized spacial score (nSPS) is 17.0. The number of hydrogen-bond acceptors (Lipinski definition) is 5. The molecule has 1 atom stereocenters. The lowest BCUT2D eigenvalue weighted by atomic mass is 9.89. The summed E-state index contributed by atoms with van der Waals surface area (Å²) >= 11 is 0. The Hall–Kier alpha value is -2.04. The van der Waals surface area contributed by atoms with Gasteiger partial charge in [0.05, 0.1) is 7.11 Å². The van der Waals surface area contributed by atoms with Crippen molar-refractivity contribution >= 4 is 11.9 Å². The van der Waals surface area contributed by atoms with Crippen LogP contribution in [0.2, 0.25) is 0 Å². The second-order valence-electron chi connectivity index (χ2n) is 4.73. The van der Waals surface area contributed by atoms with Gasteiger partial charge in [0.1, 0.15) is 11.9 Å². The van der Waals surface area contributed by atoms with E-state index in [-0.39, 0.29) is 18.7 Å². The minimum absolute atomic E-state index is 0.0733. The Labute approximate surface area is 117 Å². The number of fused-ring (bicyclic) bond motifs is 1. The van der Waals surface area contributed by atoms with Crippen LogP contribution in [0.3, 0.4) is 0 Å². The molecule has 1 aliphatic rings. The summed E-state index contributed by atoms with van der Waals surface area (Å²) in [5, 5.41) is 0. The highest BCUT2D eigenvalue weighted by molar-refractivity contribution is 5.71. The summed E-state index contributed by atoms with van der Waals surface area (Å²) in [6, 6.07) is 5.71. The molecule has 108 valence electrons. The standard InChI is InChI=1S/C15H18O5/c1-10(16)20-12-6-7-13-11(8-12)4-3-5-14(13)19-9-15(17)18-2/h3-5,12H,6-9H2,1-2H3. The zero-order valence-corrected chi connectivity index (χ0v) is 11.7. The van der Waals surface area contributed by atoms with Crippen LogP contribution in [0, 0.1) is 0 Å². The van der Waals surface area contributed by atoms with Crippen LogP contribution >= 0.6 is 0 Å². The van der Waals surface area contributed by atoms with Crippen molar-refractivity contribution in [1.82, 2.24) is 0 Å². The second kappa shape index (κ2) is 6.41. The molecule has 1 aromatic rings. The monoisotopic (exact) mass is 278 g/mol. The van der Waals surface area contributed by atoms with E-state index in [1.165, 1.54) is 14.0 Å². The third kappa shape index (κ3) is 3.50. The molecule has 0 heterocycles. The molecule has 0 fully saturated rings. The average Bonchev–Trinajstić information content (AvgIpc) is 2.43. The summed E-state index contributed by atoms with van der Waals surface area (Å²) in [4.78, 5) is 22.1. The number of carbonyl (C=O) groups excluding carboxylic acids is 2. The van der Waals surface area contributed by atoms with Crippen LogP contribution in [0.4, 0.5) is 0 Å². The van der Waals surface area contributed by atoms with E-state index in [0.717, 1.165) is 24.0 Å². The van der Waals surface area contributed by atoms with Crippen LogP contribution in [0.5, 0.6) is 5.75 Å². The summed E-state index contributed by atoms with van der Waals surface area (Å²) in [5.41, 5.74) is 2.18. The fraction of sp³-hybridized carbons (Fsp3) is 0.467. The number of esters is 2. The van der Waals surface area contributed by atoms with Gasteiger partial charge in [0.15, 0.2) is 6.61 Å². The fourth-order valence-electron chi connectivity index (χ4n) is 2.40. The van der Waals surface area contributed by atoms with Gasteiger partial charge in [-0.3, -0.25) is 4.79 Å². The summed E-state index contributed by atoms with van der Waals surface area (Å²) in [6.45, 7) is 1.33.